The van der Waals surface area contributed by atoms with E-state index < -0.39 is 10.0 Å². The minimum absolute atomic E-state index is 0.332. The van der Waals surface area contributed by atoms with Crippen LogP contribution in [0, 0.1) is 0 Å². The van der Waals surface area contributed by atoms with Crippen molar-refractivity contribution in [3.05, 3.63) is 27.6 Å². The van der Waals surface area contributed by atoms with Gasteiger partial charge < -0.3 is 5.32 Å². The topological polar surface area (TPSA) is 71.1 Å². The van der Waals surface area contributed by atoms with E-state index in [-0.39, 0.29) is 0 Å². The Hall–Kier alpha value is -0.960. The quantitative estimate of drug-likeness (QED) is 0.882. The van der Waals surface area contributed by atoms with Crippen LogP contribution in [0.15, 0.2) is 16.3 Å². The number of aryl methyl sites for hydroxylation is 2. The summed E-state index contributed by atoms with van der Waals surface area (Å²) < 4.78 is 27.5. The molecule has 2 aromatic rings. The van der Waals surface area contributed by atoms with Gasteiger partial charge in [0.25, 0.3) is 10.0 Å². The van der Waals surface area contributed by atoms with Crippen LogP contribution in [0.3, 0.4) is 0 Å². The fourth-order valence-electron chi connectivity index (χ4n) is 2.17. The van der Waals surface area contributed by atoms with Gasteiger partial charge in [-0.3, -0.25) is 4.72 Å². The number of sulfonamides is 1. The molecule has 1 aliphatic rings. The Balaban J connectivity index is 1.80. The van der Waals surface area contributed by atoms with Crippen LogP contribution in [0.5, 0.6) is 0 Å². The molecule has 0 atom stereocenters. The summed E-state index contributed by atoms with van der Waals surface area (Å²) in [5, 5.41) is 3.49. The molecule has 3 rings (SSSR count). The molecule has 2 aromatic heterocycles. The van der Waals surface area contributed by atoms with Crippen LogP contribution < -0.4 is 10.0 Å². The van der Waals surface area contributed by atoms with Gasteiger partial charge in [-0.05, 0) is 38.4 Å². The number of anilines is 1. The van der Waals surface area contributed by atoms with E-state index >= 15 is 0 Å². The summed E-state index contributed by atoms with van der Waals surface area (Å²) in [6.45, 7) is 0.672. The van der Waals surface area contributed by atoms with Gasteiger partial charge in [0, 0.05) is 16.3 Å². The summed E-state index contributed by atoms with van der Waals surface area (Å²) in [5.74, 6) is 0. The second-order valence-corrected chi connectivity index (χ2v) is 8.76. The number of hydrogen-bond acceptors (Lipinski definition) is 6. The highest BCUT2D eigenvalue weighted by Gasteiger charge is 2.22. The number of hydrogen-bond donors (Lipinski definition) is 2. The molecule has 0 radical (unpaired) electrons. The molecule has 108 valence electrons. The molecule has 2 heterocycles. The van der Waals surface area contributed by atoms with E-state index in [2.05, 4.69) is 15.0 Å². The average molecular weight is 329 g/mol. The summed E-state index contributed by atoms with van der Waals surface area (Å²) >= 11 is 2.73. The molecule has 0 saturated carbocycles. The molecule has 0 aromatic carbocycles. The molecule has 5 nitrogen and oxygen atoms in total. The third kappa shape index (κ3) is 2.73. The van der Waals surface area contributed by atoms with Gasteiger partial charge in [0.15, 0.2) is 5.13 Å². The first-order valence-corrected chi connectivity index (χ1v) is 9.45. The van der Waals surface area contributed by atoms with Gasteiger partial charge in [0.05, 0.1) is 5.69 Å². The lowest BCUT2D eigenvalue weighted by molar-refractivity contribution is 0.603. The molecule has 0 spiro atoms. The van der Waals surface area contributed by atoms with Crippen LogP contribution >= 0.6 is 22.7 Å². The Morgan fingerprint density at radius 3 is 2.90 bits per heavy atom. The van der Waals surface area contributed by atoms with Crippen molar-refractivity contribution < 1.29 is 8.42 Å². The Kier molecular flexibility index (Phi) is 3.80. The number of fused-ring (bicyclic) bond motifs is 1. The SMILES string of the molecule is CNCc1ccc(S(=O)(=O)Nc2nc3c(s2)CCC3)s1. The molecule has 0 amide bonds. The van der Waals surface area contributed by atoms with Crippen molar-refractivity contribution in [3.8, 4) is 0 Å². The Bertz CT molecular complexity index is 697. The smallest absolute Gasteiger partial charge is 0.273 e. The van der Waals surface area contributed by atoms with Crippen LogP contribution in [0.1, 0.15) is 21.9 Å². The number of nitrogens with zero attached hydrogens (tertiary/aromatic N) is 1. The molecule has 0 unspecified atom stereocenters. The number of rotatable bonds is 5. The second kappa shape index (κ2) is 5.44. The van der Waals surface area contributed by atoms with Gasteiger partial charge >= 0.3 is 0 Å². The normalized spacial score (nSPS) is 14.4. The molecule has 0 saturated heterocycles. The molecule has 0 fully saturated rings. The van der Waals surface area contributed by atoms with Crippen LogP contribution in [0.4, 0.5) is 5.13 Å². The van der Waals surface area contributed by atoms with Crippen molar-refractivity contribution in [2.45, 2.75) is 30.0 Å². The summed E-state index contributed by atoms with van der Waals surface area (Å²) in [4.78, 5) is 6.57. The number of nitrogens with one attached hydrogen (secondary N) is 2. The zero-order valence-corrected chi connectivity index (χ0v) is 13.4. The molecule has 20 heavy (non-hydrogen) atoms. The highest BCUT2D eigenvalue weighted by atomic mass is 32.2. The number of aromatic nitrogens is 1. The predicted molar refractivity (Wildman–Crippen MR) is 82.0 cm³/mol. The first kappa shape index (κ1) is 14.0. The van der Waals surface area contributed by atoms with E-state index in [0.717, 1.165) is 29.8 Å². The van der Waals surface area contributed by atoms with E-state index in [1.165, 1.54) is 27.6 Å². The van der Waals surface area contributed by atoms with E-state index in [4.69, 9.17) is 0 Å². The average Bonchev–Trinajstić information content (AvgIpc) is 3.03. The van der Waals surface area contributed by atoms with Crippen molar-refractivity contribution in [2.24, 2.45) is 0 Å². The highest BCUT2D eigenvalue weighted by Crippen LogP contribution is 2.32. The minimum atomic E-state index is -3.51. The lowest BCUT2D eigenvalue weighted by atomic mass is 10.4. The van der Waals surface area contributed by atoms with Crippen LogP contribution in [0.2, 0.25) is 0 Å². The maximum absolute atomic E-state index is 12.3. The van der Waals surface area contributed by atoms with Crippen molar-refractivity contribution >= 4 is 37.8 Å². The van der Waals surface area contributed by atoms with Crippen LogP contribution in [0.25, 0.3) is 0 Å². The predicted octanol–water partition coefficient (Wildman–Crippen LogP) is 2.21. The van der Waals surface area contributed by atoms with Crippen molar-refractivity contribution in [3.63, 3.8) is 0 Å². The lowest BCUT2D eigenvalue weighted by Crippen LogP contribution is -2.11. The van der Waals surface area contributed by atoms with Crippen LogP contribution in [-0.4, -0.2) is 20.4 Å². The van der Waals surface area contributed by atoms with Gasteiger partial charge in [0.2, 0.25) is 0 Å². The number of thiazole rings is 1. The third-order valence-electron chi connectivity index (χ3n) is 3.07. The maximum Gasteiger partial charge on any atom is 0.273 e. The summed E-state index contributed by atoms with van der Waals surface area (Å²) in [6, 6.07) is 3.47. The van der Waals surface area contributed by atoms with E-state index in [0.29, 0.717) is 15.9 Å². The van der Waals surface area contributed by atoms with Gasteiger partial charge in [-0.2, -0.15) is 0 Å². The number of thiophene rings is 1. The van der Waals surface area contributed by atoms with Gasteiger partial charge in [0.1, 0.15) is 4.21 Å². The van der Waals surface area contributed by atoms with E-state index in [9.17, 15) is 8.42 Å². The monoisotopic (exact) mass is 329 g/mol. The first-order chi connectivity index (χ1) is 9.58. The third-order valence-corrected chi connectivity index (χ3v) is 7.19. The second-order valence-electron chi connectivity index (χ2n) is 4.60. The Morgan fingerprint density at radius 2 is 2.15 bits per heavy atom. The van der Waals surface area contributed by atoms with Crippen molar-refractivity contribution in [2.75, 3.05) is 11.8 Å². The van der Waals surface area contributed by atoms with Crippen molar-refractivity contribution in [1.82, 2.24) is 10.3 Å². The molecular formula is C12H15N3O2S3. The molecule has 1 aliphatic carbocycles. The molecule has 8 heteroatoms. The summed E-state index contributed by atoms with van der Waals surface area (Å²) in [5.41, 5.74) is 1.05. The highest BCUT2D eigenvalue weighted by molar-refractivity contribution is 7.94. The van der Waals surface area contributed by atoms with E-state index in [1.54, 1.807) is 6.07 Å². The van der Waals surface area contributed by atoms with Crippen molar-refractivity contribution in [1.29, 1.82) is 0 Å². The van der Waals surface area contributed by atoms with E-state index in [1.807, 2.05) is 13.1 Å². The summed E-state index contributed by atoms with van der Waals surface area (Å²) in [7, 11) is -1.67. The minimum Gasteiger partial charge on any atom is -0.315 e. The van der Waals surface area contributed by atoms with Crippen LogP contribution in [-0.2, 0) is 29.4 Å². The fourth-order valence-corrected chi connectivity index (χ4v) is 5.82. The molecular weight excluding hydrogens is 314 g/mol. The lowest BCUT2D eigenvalue weighted by Gasteiger charge is -2.02. The summed E-state index contributed by atoms with van der Waals surface area (Å²) in [6.07, 6.45) is 3.10. The fraction of sp³-hybridized carbons (Fsp3) is 0.417. The first-order valence-electron chi connectivity index (χ1n) is 6.33. The Labute approximate surface area is 126 Å². The van der Waals surface area contributed by atoms with Gasteiger partial charge in [-0.1, -0.05) is 0 Å². The molecule has 0 bridgehead atoms. The largest absolute Gasteiger partial charge is 0.315 e. The Morgan fingerprint density at radius 1 is 1.30 bits per heavy atom. The zero-order valence-electron chi connectivity index (χ0n) is 11.0. The van der Waals surface area contributed by atoms with Gasteiger partial charge in [-0.15, -0.1) is 22.7 Å². The molecule has 2 N–H and O–H groups in total. The standard InChI is InChI=1S/C12H15N3O2S3/c1-13-7-8-5-6-11(18-8)20(16,17)15-12-14-9-3-2-4-10(9)19-12/h5-6,13H,2-4,7H2,1H3,(H,14,15). The maximum atomic E-state index is 12.3. The van der Waals surface area contributed by atoms with Gasteiger partial charge in [-0.25, -0.2) is 13.4 Å². The zero-order chi connectivity index (χ0) is 14.2. The molecule has 0 aliphatic heterocycles.